The van der Waals surface area contributed by atoms with Crippen LogP contribution in [0.5, 0.6) is 17.2 Å². The van der Waals surface area contributed by atoms with E-state index in [4.69, 9.17) is 18.9 Å². The Morgan fingerprint density at radius 2 is 1.81 bits per heavy atom. The first kappa shape index (κ1) is 19.5. The second-order valence-electron chi connectivity index (χ2n) is 6.39. The molecule has 1 aliphatic rings. The van der Waals surface area contributed by atoms with E-state index in [0.29, 0.717) is 17.9 Å². The van der Waals surface area contributed by atoms with Crippen LogP contribution in [0.25, 0.3) is 0 Å². The highest BCUT2D eigenvalue weighted by Crippen LogP contribution is 2.35. The van der Waals surface area contributed by atoms with Crippen molar-refractivity contribution in [2.75, 3.05) is 47.1 Å². The van der Waals surface area contributed by atoms with Gasteiger partial charge in [-0.1, -0.05) is 12.1 Å². The molecule has 1 aliphatic heterocycles. The van der Waals surface area contributed by atoms with E-state index in [1.807, 2.05) is 18.2 Å². The summed E-state index contributed by atoms with van der Waals surface area (Å²) in [7, 11) is 3.24. The van der Waals surface area contributed by atoms with Gasteiger partial charge in [-0.25, -0.2) is 4.39 Å². The molecule has 1 saturated heterocycles. The van der Waals surface area contributed by atoms with Crippen LogP contribution >= 0.6 is 0 Å². The summed E-state index contributed by atoms with van der Waals surface area (Å²) in [5.41, 5.74) is 0.841. The Morgan fingerprint density at radius 1 is 1.04 bits per heavy atom. The first-order chi connectivity index (χ1) is 13.2. The van der Waals surface area contributed by atoms with E-state index in [0.717, 1.165) is 38.4 Å². The summed E-state index contributed by atoms with van der Waals surface area (Å²) in [5, 5.41) is 0. The first-order valence-electron chi connectivity index (χ1n) is 9.14. The molecule has 2 aromatic carbocycles. The van der Waals surface area contributed by atoms with Crippen LogP contribution in [0.2, 0.25) is 0 Å². The van der Waals surface area contributed by atoms with E-state index in [1.54, 1.807) is 32.4 Å². The molecular formula is C21H26FNO4. The van der Waals surface area contributed by atoms with Gasteiger partial charge in [0.1, 0.15) is 17.6 Å². The van der Waals surface area contributed by atoms with E-state index < -0.39 is 0 Å². The fourth-order valence-corrected chi connectivity index (χ4v) is 3.19. The quantitative estimate of drug-likeness (QED) is 0.704. The van der Waals surface area contributed by atoms with Crippen LogP contribution in [-0.4, -0.2) is 52.0 Å². The summed E-state index contributed by atoms with van der Waals surface area (Å²) in [6.45, 7) is 4.08. The molecule has 1 heterocycles. The fraction of sp³-hybridized carbons (Fsp3) is 0.429. The topological polar surface area (TPSA) is 40.2 Å². The molecule has 146 valence electrons. The van der Waals surface area contributed by atoms with Gasteiger partial charge in [-0.3, -0.25) is 4.90 Å². The average molecular weight is 375 g/mol. The molecule has 0 spiro atoms. The molecule has 6 heteroatoms. The van der Waals surface area contributed by atoms with Crippen LogP contribution in [0.4, 0.5) is 4.39 Å². The number of rotatable bonds is 8. The largest absolute Gasteiger partial charge is 0.497 e. The Hall–Kier alpha value is -2.31. The Morgan fingerprint density at radius 3 is 2.52 bits per heavy atom. The summed E-state index contributed by atoms with van der Waals surface area (Å²) >= 11 is 0. The summed E-state index contributed by atoms with van der Waals surface area (Å²) in [6, 6.07) is 12.0. The van der Waals surface area contributed by atoms with E-state index in [-0.39, 0.29) is 17.7 Å². The van der Waals surface area contributed by atoms with Gasteiger partial charge in [0.2, 0.25) is 0 Å². The maximum atomic E-state index is 14.2. The Labute approximate surface area is 159 Å². The third-order valence-electron chi connectivity index (χ3n) is 4.70. The summed E-state index contributed by atoms with van der Waals surface area (Å²) in [6.07, 6.45) is 0.326. The van der Waals surface area contributed by atoms with Crippen molar-refractivity contribution < 1.29 is 23.3 Å². The second kappa shape index (κ2) is 9.58. The number of morpholine rings is 1. The lowest BCUT2D eigenvalue weighted by Gasteiger charge is -2.29. The number of para-hydroxylation sites is 1. The Bertz CT molecular complexity index is 734. The molecule has 0 aliphatic carbocycles. The average Bonchev–Trinajstić information content (AvgIpc) is 2.72. The maximum Gasteiger partial charge on any atom is 0.165 e. The zero-order valence-corrected chi connectivity index (χ0v) is 15.8. The van der Waals surface area contributed by atoms with E-state index in [9.17, 15) is 4.39 Å². The minimum Gasteiger partial charge on any atom is -0.497 e. The molecule has 0 bridgehead atoms. The minimum absolute atomic E-state index is 0.231. The van der Waals surface area contributed by atoms with Crippen molar-refractivity contribution >= 4 is 0 Å². The molecule has 0 saturated carbocycles. The van der Waals surface area contributed by atoms with Crippen molar-refractivity contribution in [1.29, 1.82) is 0 Å². The lowest BCUT2D eigenvalue weighted by molar-refractivity contribution is 0.0314. The molecule has 1 fully saturated rings. The van der Waals surface area contributed by atoms with Gasteiger partial charge in [0, 0.05) is 31.6 Å². The molecular weight excluding hydrogens is 349 g/mol. The van der Waals surface area contributed by atoms with Crippen LogP contribution < -0.4 is 14.2 Å². The number of methoxy groups -OCH3 is 2. The van der Waals surface area contributed by atoms with Crippen LogP contribution in [0.1, 0.15) is 18.1 Å². The van der Waals surface area contributed by atoms with Gasteiger partial charge in [0.15, 0.2) is 11.6 Å². The third-order valence-corrected chi connectivity index (χ3v) is 4.70. The predicted molar refractivity (Wildman–Crippen MR) is 101 cm³/mol. The molecule has 2 aromatic rings. The molecule has 0 amide bonds. The van der Waals surface area contributed by atoms with Crippen molar-refractivity contribution in [2.24, 2.45) is 0 Å². The first-order valence-corrected chi connectivity index (χ1v) is 9.14. The van der Waals surface area contributed by atoms with Gasteiger partial charge in [-0.05, 0) is 30.3 Å². The number of hydrogen-bond acceptors (Lipinski definition) is 5. The highest BCUT2D eigenvalue weighted by Gasteiger charge is 2.22. The standard InChI is InChI=1S/C21H26FNO4/c1-24-16-7-8-19(25-2)17(15-16)20(9-10-23-11-13-26-14-12-23)27-21-6-4-3-5-18(21)22/h3-8,15,20H,9-14H2,1-2H3. The monoisotopic (exact) mass is 375 g/mol. The van der Waals surface area contributed by atoms with Gasteiger partial charge in [-0.2, -0.15) is 0 Å². The van der Waals surface area contributed by atoms with Gasteiger partial charge < -0.3 is 18.9 Å². The second-order valence-corrected chi connectivity index (χ2v) is 6.39. The number of hydrogen-bond donors (Lipinski definition) is 0. The van der Waals surface area contributed by atoms with Gasteiger partial charge >= 0.3 is 0 Å². The SMILES string of the molecule is COc1ccc(OC)c(C(CCN2CCOCC2)Oc2ccccc2F)c1. The molecule has 1 atom stereocenters. The van der Waals surface area contributed by atoms with Crippen molar-refractivity contribution in [1.82, 2.24) is 4.90 Å². The van der Waals surface area contributed by atoms with Crippen LogP contribution in [0.15, 0.2) is 42.5 Å². The Kier molecular flexibility index (Phi) is 6.90. The zero-order chi connectivity index (χ0) is 19.1. The number of benzene rings is 2. The van der Waals surface area contributed by atoms with Crippen LogP contribution in [-0.2, 0) is 4.74 Å². The molecule has 27 heavy (non-hydrogen) atoms. The zero-order valence-electron chi connectivity index (χ0n) is 15.8. The molecule has 3 rings (SSSR count). The van der Waals surface area contributed by atoms with Crippen molar-refractivity contribution in [2.45, 2.75) is 12.5 Å². The van der Waals surface area contributed by atoms with Gasteiger partial charge in [-0.15, -0.1) is 0 Å². The summed E-state index contributed by atoms with van der Waals surface area (Å²) < 4.78 is 36.6. The van der Waals surface area contributed by atoms with Crippen LogP contribution in [0, 0.1) is 5.82 Å². The maximum absolute atomic E-state index is 14.2. The highest BCUT2D eigenvalue weighted by atomic mass is 19.1. The van der Waals surface area contributed by atoms with Crippen molar-refractivity contribution in [3.05, 3.63) is 53.8 Å². The summed E-state index contributed by atoms with van der Waals surface area (Å²) in [5.74, 6) is 1.25. The number of nitrogens with zero attached hydrogens (tertiary/aromatic N) is 1. The highest BCUT2D eigenvalue weighted by molar-refractivity contribution is 5.42. The normalized spacial score (nSPS) is 16.0. The number of ether oxygens (including phenoxy) is 4. The third kappa shape index (κ3) is 5.11. The molecule has 0 radical (unpaired) electrons. The number of halogens is 1. The van der Waals surface area contributed by atoms with E-state index in [1.165, 1.54) is 6.07 Å². The molecule has 5 nitrogen and oxygen atoms in total. The molecule has 1 unspecified atom stereocenters. The van der Waals surface area contributed by atoms with Crippen molar-refractivity contribution in [3.63, 3.8) is 0 Å². The predicted octanol–water partition coefficient (Wildman–Crippen LogP) is 3.69. The van der Waals surface area contributed by atoms with E-state index >= 15 is 0 Å². The van der Waals surface area contributed by atoms with Gasteiger partial charge in [0.05, 0.1) is 27.4 Å². The molecule has 0 aromatic heterocycles. The van der Waals surface area contributed by atoms with Gasteiger partial charge in [0.25, 0.3) is 0 Å². The van der Waals surface area contributed by atoms with E-state index in [2.05, 4.69) is 4.90 Å². The lowest BCUT2D eigenvalue weighted by atomic mass is 10.0. The lowest BCUT2D eigenvalue weighted by Crippen LogP contribution is -2.37. The fourth-order valence-electron chi connectivity index (χ4n) is 3.19. The van der Waals surface area contributed by atoms with Crippen molar-refractivity contribution in [3.8, 4) is 17.2 Å². The minimum atomic E-state index is -0.379. The summed E-state index contributed by atoms with van der Waals surface area (Å²) in [4.78, 5) is 2.33. The Balaban J connectivity index is 1.85. The molecule has 0 N–H and O–H groups in total. The smallest absolute Gasteiger partial charge is 0.165 e. The van der Waals surface area contributed by atoms with Crippen LogP contribution in [0.3, 0.4) is 0 Å².